The third-order valence-corrected chi connectivity index (χ3v) is 6.34. The lowest BCUT2D eigenvalue weighted by atomic mass is 10.2. The Bertz CT molecular complexity index is 1410. The summed E-state index contributed by atoms with van der Waals surface area (Å²) in [6.07, 6.45) is -0.462. The van der Waals surface area contributed by atoms with E-state index < -0.39 is 11.0 Å². The molecule has 0 aliphatic heterocycles. The number of aromatic nitrogens is 3. The van der Waals surface area contributed by atoms with E-state index in [9.17, 15) is 14.9 Å². The van der Waals surface area contributed by atoms with E-state index in [-0.39, 0.29) is 17.3 Å². The lowest BCUT2D eigenvalue weighted by Crippen LogP contribution is -2.15. The van der Waals surface area contributed by atoms with Crippen LogP contribution < -0.4 is 14.8 Å². The van der Waals surface area contributed by atoms with Crippen LogP contribution in [0.5, 0.6) is 11.5 Å². The van der Waals surface area contributed by atoms with Crippen LogP contribution in [0.25, 0.3) is 5.69 Å². The fourth-order valence-corrected chi connectivity index (χ4v) is 4.36. The van der Waals surface area contributed by atoms with Gasteiger partial charge < -0.3 is 14.8 Å². The molecule has 0 fully saturated rings. The van der Waals surface area contributed by atoms with E-state index in [2.05, 4.69) is 15.5 Å². The average Bonchev–Trinajstić information content (AvgIpc) is 3.33. The van der Waals surface area contributed by atoms with E-state index in [0.29, 0.717) is 33.7 Å². The molecule has 4 aromatic rings. The summed E-state index contributed by atoms with van der Waals surface area (Å²) in [7, 11) is 1.59. The number of hydrogen-bond donors (Lipinski definition) is 1. The summed E-state index contributed by atoms with van der Waals surface area (Å²) in [5.41, 5.74) is 1.64. The second-order valence-corrected chi connectivity index (χ2v) is 8.99. The van der Waals surface area contributed by atoms with Crippen molar-refractivity contribution in [2.24, 2.45) is 0 Å². The van der Waals surface area contributed by atoms with E-state index in [4.69, 9.17) is 9.47 Å². The van der Waals surface area contributed by atoms with Crippen LogP contribution in [0.3, 0.4) is 0 Å². The van der Waals surface area contributed by atoms with Gasteiger partial charge in [0.05, 0.1) is 17.8 Å². The van der Waals surface area contributed by atoms with Gasteiger partial charge in [0.15, 0.2) is 17.1 Å². The van der Waals surface area contributed by atoms with Crippen molar-refractivity contribution in [2.75, 3.05) is 18.2 Å². The Balaban J connectivity index is 1.53. The molecular formula is C26H25N5O5S. The van der Waals surface area contributed by atoms with E-state index in [1.165, 1.54) is 17.8 Å². The van der Waals surface area contributed by atoms with Crippen LogP contribution in [0, 0.1) is 17.0 Å². The smallest absolute Gasteiger partial charge is 0.274 e. The van der Waals surface area contributed by atoms with Crippen LogP contribution in [0.4, 0.5) is 11.4 Å². The first kappa shape index (κ1) is 25.7. The van der Waals surface area contributed by atoms with Gasteiger partial charge in [0.1, 0.15) is 11.5 Å². The summed E-state index contributed by atoms with van der Waals surface area (Å²) < 4.78 is 13.2. The molecule has 0 radical (unpaired) electrons. The third kappa shape index (κ3) is 6.25. The highest BCUT2D eigenvalue weighted by molar-refractivity contribution is 7.99. The molecule has 3 aromatic carbocycles. The number of carbonyl (C=O) groups is 1. The van der Waals surface area contributed by atoms with E-state index in [1.54, 1.807) is 32.2 Å². The molecule has 190 valence electrons. The number of nitro groups is 1. The number of nitrogens with one attached hydrogen (secondary N) is 1. The Kier molecular flexibility index (Phi) is 8.04. The Morgan fingerprint density at radius 1 is 1.08 bits per heavy atom. The van der Waals surface area contributed by atoms with Crippen LogP contribution in [-0.2, 0) is 4.79 Å². The highest BCUT2D eigenvalue weighted by Crippen LogP contribution is 2.29. The number of benzene rings is 3. The van der Waals surface area contributed by atoms with Gasteiger partial charge in [0, 0.05) is 29.1 Å². The molecule has 1 aromatic heterocycles. The SMILES string of the molecule is COc1cccc(OC(C)c2nnc(SCC(=O)Nc3ccc(C)c([N+](=O)[O-])c3)n2-c2ccccc2)c1. The van der Waals surface area contributed by atoms with Crippen molar-refractivity contribution in [1.82, 2.24) is 14.8 Å². The third-order valence-electron chi connectivity index (χ3n) is 5.41. The normalized spacial score (nSPS) is 11.5. The number of amides is 1. The van der Waals surface area contributed by atoms with Crippen molar-refractivity contribution in [1.29, 1.82) is 0 Å². The number of methoxy groups -OCH3 is 1. The number of rotatable bonds is 10. The monoisotopic (exact) mass is 519 g/mol. The fourth-order valence-electron chi connectivity index (χ4n) is 3.60. The summed E-state index contributed by atoms with van der Waals surface area (Å²) in [6, 6.07) is 21.4. The molecule has 0 saturated carbocycles. The van der Waals surface area contributed by atoms with Crippen molar-refractivity contribution in [2.45, 2.75) is 25.1 Å². The summed E-state index contributed by atoms with van der Waals surface area (Å²) in [5, 5.41) is 23.1. The molecule has 11 heteroatoms. The molecule has 0 saturated heterocycles. The molecular weight excluding hydrogens is 494 g/mol. The van der Waals surface area contributed by atoms with Gasteiger partial charge in [-0.3, -0.25) is 19.5 Å². The fraction of sp³-hybridized carbons (Fsp3) is 0.192. The molecule has 1 N–H and O–H groups in total. The van der Waals surface area contributed by atoms with E-state index >= 15 is 0 Å². The molecule has 37 heavy (non-hydrogen) atoms. The molecule has 1 atom stereocenters. The quantitative estimate of drug-likeness (QED) is 0.169. The Labute approximate surface area is 217 Å². The lowest BCUT2D eigenvalue weighted by molar-refractivity contribution is -0.385. The van der Waals surface area contributed by atoms with Crippen molar-refractivity contribution in [3.63, 3.8) is 0 Å². The second-order valence-electron chi connectivity index (χ2n) is 8.05. The van der Waals surface area contributed by atoms with Crippen LogP contribution in [0.15, 0.2) is 78.0 Å². The van der Waals surface area contributed by atoms with Gasteiger partial charge in [0.2, 0.25) is 5.91 Å². The maximum atomic E-state index is 12.6. The number of aryl methyl sites for hydroxylation is 1. The van der Waals surface area contributed by atoms with E-state index in [0.717, 1.165) is 5.69 Å². The predicted octanol–water partition coefficient (Wildman–Crippen LogP) is 5.36. The highest BCUT2D eigenvalue weighted by Gasteiger charge is 2.22. The number of thioether (sulfide) groups is 1. The average molecular weight is 520 g/mol. The highest BCUT2D eigenvalue weighted by atomic mass is 32.2. The lowest BCUT2D eigenvalue weighted by Gasteiger charge is -2.17. The zero-order valence-corrected chi connectivity index (χ0v) is 21.3. The summed E-state index contributed by atoms with van der Waals surface area (Å²) in [4.78, 5) is 23.4. The van der Waals surface area contributed by atoms with Gasteiger partial charge in [-0.1, -0.05) is 42.1 Å². The zero-order chi connectivity index (χ0) is 26.4. The summed E-state index contributed by atoms with van der Waals surface area (Å²) in [6.45, 7) is 3.51. The number of hydrogen-bond acceptors (Lipinski definition) is 8. The van der Waals surface area contributed by atoms with Crippen LogP contribution in [0.2, 0.25) is 0 Å². The summed E-state index contributed by atoms with van der Waals surface area (Å²) >= 11 is 1.20. The molecule has 10 nitrogen and oxygen atoms in total. The van der Waals surface area contributed by atoms with Gasteiger partial charge in [-0.2, -0.15) is 0 Å². The molecule has 4 rings (SSSR count). The molecule has 0 aliphatic rings. The zero-order valence-electron chi connectivity index (χ0n) is 20.5. The first-order valence-corrected chi connectivity index (χ1v) is 12.3. The standard InChI is InChI=1S/C26H25N5O5S/c1-17-12-13-19(14-23(17)31(33)34)27-24(32)16-37-26-29-28-25(30(26)20-8-5-4-6-9-20)18(2)36-22-11-7-10-21(15-22)35-3/h4-15,18H,16H2,1-3H3,(H,27,32). The van der Waals surface area contributed by atoms with Gasteiger partial charge >= 0.3 is 0 Å². The Hall–Kier alpha value is -4.38. The topological polar surface area (TPSA) is 121 Å². The van der Waals surface area contributed by atoms with Crippen LogP contribution >= 0.6 is 11.8 Å². The van der Waals surface area contributed by atoms with Crippen LogP contribution in [0.1, 0.15) is 24.4 Å². The predicted molar refractivity (Wildman–Crippen MR) is 141 cm³/mol. The minimum Gasteiger partial charge on any atom is -0.497 e. The van der Waals surface area contributed by atoms with Gasteiger partial charge in [0.25, 0.3) is 5.69 Å². The van der Waals surface area contributed by atoms with Crippen molar-refractivity contribution >= 4 is 29.0 Å². The van der Waals surface area contributed by atoms with Crippen molar-refractivity contribution in [3.05, 3.63) is 94.3 Å². The minimum atomic E-state index is -0.474. The first-order valence-electron chi connectivity index (χ1n) is 11.3. The molecule has 0 aliphatic carbocycles. The van der Waals surface area contributed by atoms with Gasteiger partial charge in [-0.05, 0) is 44.2 Å². The number of nitrogens with zero attached hydrogens (tertiary/aromatic N) is 4. The Morgan fingerprint density at radius 2 is 1.84 bits per heavy atom. The second kappa shape index (κ2) is 11.6. The number of nitro benzene ring substituents is 1. The molecule has 0 spiro atoms. The molecule has 0 bridgehead atoms. The minimum absolute atomic E-state index is 0.0256. The maximum Gasteiger partial charge on any atom is 0.274 e. The molecule has 1 heterocycles. The number of ether oxygens (including phenoxy) is 2. The number of anilines is 1. The number of carbonyl (C=O) groups excluding carboxylic acids is 1. The summed E-state index contributed by atoms with van der Waals surface area (Å²) in [5.74, 6) is 1.56. The molecule has 1 amide bonds. The van der Waals surface area contributed by atoms with E-state index in [1.807, 2.05) is 60.0 Å². The van der Waals surface area contributed by atoms with Gasteiger partial charge in [-0.15, -0.1) is 10.2 Å². The number of para-hydroxylation sites is 1. The first-order chi connectivity index (χ1) is 17.9. The Morgan fingerprint density at radius 3 is 2.57 bits per heavy atom. The van der Waals surface area contributed by atoms with Crippen LogP contribution in [-0.4, -0.2) is 38.5 Å². The van der Waals surface area contributed by atoms with Crippen molar-refractivity contribution in [3.8, 4) is 17.2 Å². The molecule has 1 unspecified atom stereocenters. The largest absolute Gasteiger partial charge is 0.497 e. The maximum absolute atomic E-state index is 12.6. The van der Waals surface area contributed by atoms with Gasteiger partial charge in [-0.25, -0.2) is 0 Å². The van der Waals surface area contributed by atoms with Crippen molar-refractivity contribution < 1.29 is 19.2 Å².